The molecule has 1 atom stereocenters. The third-order valence-corrected chi connectivity index (χ3v) is 3.80. The number of likely N-dealkylation sites (tertiary alicyclic amines) is 1. The van der Waals surface area contributed by atoms with Crippen LogP contribution in [0, 0.1) is 12.7 Å². The van der Waals surface area contributed by atoms with E-state index < -0.39 is 17.3 Å². The number of nitrogens with zero attached hydrogens (tertiary/aromatic N) is 1. The zero-order valence-electron chi connectivity index (χ0n) is 11.9. The van der Waals surface area contributed by atoms with Crippen LogP contribution in [0.2, 0.25) is 0 Å². The fraction of sp³-hybridized carbons (Fsp3) is 0.467. The zero-order valence-corrected chi connectivity index (χ0v) is 11.9. The number of esters is 1. The van der Waals surface area contributed by atoms with Crippen LogP contribution >= 0.6 is 0 Å². The van der Waals surface area contributed by atoms with Gasteiger partial charge >= 0.3 is 5.97 Å². The summed E-state index contributed by atoms with van der Waals surface area (Å²) < 4.78 is 18.5. The number of rotatable bonds is 3. The molecule has 1 heterocycles. The molecule has 1 fully saturated rings. The number of hydrogen-bond acceptors (Lipinski definition) is 3. The van der Waals surface area contributed by atoms with E-state index in [1.165, 1.54) is 11.0 Å². The largest absolute Gasteiger partial charge is 0.464 e. The first-order valence-corrected chi connectivity index (χ1v) is 6.65. The maximum Gasteiger partial charge on any atom is 0.331 e. The maximum atomic E-state index is 13.5. The molecule has 1 aromatic carbocycles. The number of aryl methyl sites for hydroxylation is 1. The van der Waals surface area contributed by atoms with Crippen LogP contribution in [0.15, 0.2) is 18.2 Å². The molecule has 1 amide bonds. The highest BCUT2D eigenvalue weighted by molar-refractivity contribution is 5.99. The van der Waals surface area contributed by atoms with Crippen molar-refractivity contribution < 1.29 is 18.7 Å². The highest BCUT2D eigenvalue weighted by Gasteiger charge is 2.50. The minimum Gasteiger partial charge on any atom is -0.464 e. The molecule has 4 nitrogen and oxygen atoms in total. The van der Waals surface area contributed by atoms with Crippen LogP contribution in [0.1, 0.15) is 36.2 Å². The lowest BCUT2D eigenvalue weighted by Crippen LogP contribution is -2.65. The van der Waals surface area contributed by atoms with Gasteiger partial charge in [-0.1, -0.05) is 6.07 Å². The zero-order chi connectivity index (χ0) is 14.9. The molecule has 0 radical (unpaired) electrons. The molecule has 5 heteroatoms. The number of carbonyl (C=O) groups is 2. The highest BCUT2D eigenvalue weighted by atomic mass is 19.1. The summed E-state index contributed by atoms with van der Waals surface area (Å²) >= 11 is 0. The van der Waals surface area contributed by atoms with E-state index in [-0.39, 0.29) is 18.1 Å². The third-order valence-electron chi connectivity index (χ3n) is 3.80. The molecule has 1 unspecified atom stereocenters. The topological polar surface area (TPSA) is 46.6 Å². The van der Waals surface area contributed by atoms with Crippen LogP contribution in [-0.2, 0) is 9.53 Å². The number of amides is 1. The van der Waals surface area contributed by atoms with Crippen molar-refractivity contribution in [1.29, 1.82) is 0 Å². The van der Waals surface area contributed by atoms with E-state index in [4.69, 9.17) is 4.74 Å². The average Bonchev–Trinajstić information content (AvgIpc) is 2.39. The molecule has 0 spiro atoms. The Morgan fingerprint density at radius 1 is 1.45 bits per heavy atom. The number of hydrogen-bond donors (Lipinski definition) is 0. The molecule has 0 saturated carbocycles. The predicted octanol–water partition coefficient (Wildman–Crippen LogP) is 2.30. The Balaban J connectivity index is 2.21. The first-order valence-electron chi connectivity index (χ1n) is 6.65. The van der Waals surface area contributed by atoms with Crippen molar-refractivity contribution in [2.45, 2.75) is 32.7 Å². The van der Waals surface area contributed by atoms with Crippen molar-refractivity contribution in [2.24, 2.45) is 0 Å². The number of carbonyl (C=O) groups excluding carboxylic acids is 2. The van der Waals surface area contributed by atoms with Crippen LogP contribution in [0.25, 0.3) is 0 Å². The summed E-state index contributed by atoms with van der Waals surface area (Å²) in [7, 11) is 0. The molecule has 0 bridgehead atoms. The normalized spacial score (nSPS) is 21.3. The van der Waals surface area contributed by atoms with Gasteiger partial charge in [-0.15, -0.1) is 0 Å². The molecule has 1 aliphatic rings. The Morgan fingerprint density at radius 3 is 2.65 bits per heavy atom. The smallest absolute Gasteiger partial charge is 0.331 e. The maximum absolute atomic E-state index is 13.5. The minimum atomic E-state index is -0.936. The van der Waals surface area contributed by atoms with Gasteiger partial charge in [-0.3, -0.25) is 4.79 Å². The van der Waals surface area contributed by atoms with Crippen molar-refractivity contribution in [3.63, 3.8) is 0 Å². The fourth-order valence-electron chi connectivity index (χ4n) is 2.27. The molecule has 108 valence electrons. The van der Waals surface area contributed by atoms with Crippen LogP contribution in [0.4, 0.5) is 4.39 Å². The van der Waals surface area contributed by atoms with Gasteiger partial charge in [-0.25, -0.2) is 9.18 Å². The van der Waals surface area contributed by atoms with Gasteiger partial charge in [-0.2, -0.15) is 0 Å². The van der Waals surface area contributed by atoms with Crippen LogP contribution < -0.4 is 0 Å². The summed E-state index contributed by atoms with van der Waals surface area (Å²) in [5, 5.41) is 0. The van der Waals surface area contributed by atoms with Crippen LogP contribution in [0.5, 0.6) is 0 Å². The van der Waals surface area contributed by atoms with Gasteiger partial charge in [0.25, 0.3) is 5.91 Å². The molecule has 0 aliphatic carbocycles. The van der Waals surface area contributed by atoms with E-state index in [2.05, 4.69) is 0 Å². The van der Waals surface area contributed by atoms with Crippen molar-refractivity contribution in [3.05, 3.63) is 35.1 Å². The Labute approximate surface area is 117 Å². The van der Waals surface area contributed by atoms with Gasteiger partial charge in [0.1, 0.15) is 11.4 Å². The lowest BCUT2D eigenvalue weighted by Gasteiger charge is -2.48. The minimum absolute atomic E-state index is 0.253. The van der Waals surface area contributed by atoms with E-state index in [0.717, 1.165) is 0 Å². The summed E-state index contributed by atoms with van der Waals surface area (Å²) in [6, 6.07) is 4.34. The van der Waals surface area contributed by atoms with Crippen molar-refractivity contribution in [2.75, 3.05) is 13.2 Å². The molecular weight excluding hydrogens is 261 g/mol. The quantitative estimate of drug-likeness (QED) is 0.798. The second kappa shape index (κ2) is 5.23. The monoisotopic (exact) mass is 279 g/mol. The standard InChI is InChI=1S/C15H18FNO3/c1-4-20-14(19)15(3)7-8-17(15)13(18)11-6-5-10(2)12(16)9-11/h5-6,9H,4,7-8H2,1-3H3. The fourth-order valence-corrected chi connectivity index (χ4v) is 2.27. The molecule has 2 rings (SSSR count). The number of halogens is 1. The molecule has 1 aliphatic heterocycles. The second-order valence-electron chi connectivity index (χ2n) is 5.17. The Morgan fingerprint density at radius 2 is 2.15 bits per heavy atom. The predicted molar refractivity (Wildman–Crippen MR) is 71.8 cm³/mol. The first-order chi connectivity index (χ1) is 9.40. The van der Waals surface area contributed by atoms with Crippen LogP contribution in [0.3, 0.4) is 0 Å². The van der Waals surface area contributed by atoms with Crippen molar-refractivity contribution in [3.8, 4) is 0 Å². The van der Waals surface area contributed by atoms with Crippen LogP contribution in [-0.4, -0.2) is 35.5 Å². The molecule has 1 saturated heterocycles. The van der Waals surface area contributed by atoms with E-state index in [1.807, 2.05) is 0 Å². The summed E-state index contributed by atoms with van der Waals surface area (Å²) in [5.74, 6) is -1.17. The summed E-state index contributed by atoms with van der Waals surface area (Å²) in [5.41, 5.74) is -0.198. The van der Waals surface area contributed by atoms with Gasteiger partial charge in [0.15, 0.2) is 0 Å². The third kappa shape index (κ3) is 2.28. The molecule has 0 N–H and O–H groups in total. The summed E-state index contributed by atoms with van der Waals surface area (Å²) in [4.78, 5) is 25.7. The van der Waals surface area contributed by atoms with Gasteiger partial charge in [0, 0.05) is 12.1 Å². The van der Waals surface area contributed by atoms with Gasteiger partial charge in [-0.05, 0) is 44.9 Å². The molecule has 20 heavy (non-hydrogen) atoms. The van der Waals surface area contributed by atoms with E-state index in [1.54, 1.807) is 32.9 Å². The molecule has 1 aromatic rings. The van der Waals surface area contributed by atoms with E-state index in [9.17, 15) is 14.0 Å². The number of ether oxygens (including phenoxy) is 1. The first kappa shape index (κ1) is 14.5. The summed E-state index contributed by atoms with van der Waals surface area (Å²) in [6.45, 7) is 5.79. The van der Waals surface area contributed by atoms with Gasteiger partial charge in [0.05, 0.1) is 6.61 Å². The number of benzene rings is 1. The van der Waals surface area contributed by atoms with Crippen molar-refractivity contribution in [1.82, 2.24) is 4.90 Å². The van der Waals surface area contributed by atoms with E-state index in [0.29, 0.717) is 18.5 Å². The van der Waals surface area contributed by atoms with Crippen molar-refractivity contribution >= 4 is 11.9 Å². The lowest BCUT2D eigenvalue weighted by molar-refractivity contribution is -0.162. The molecular formula is C15H18FNO3. The highest BCUT2D eigenvalue weighted by Crippen LogP contribution is 2.33. The average molecular weight is 279 g/mol. The van der Waals surface area contributed by atoms with E-state index >= 15 is 0 Å². The lowest BCUT2D eigenvalue weighted by atomic mass is 9.85. The second-order valence-corrected chi connectivity index (χ2v) is 5.17. The van der Waals surface area contributed by atoms with Gasteiger partial charge in [0.2, 0.25) is 0 Å². The summed E-state index contributed by atoms with van der Waals surface area (Å²) in [6.07, 6.45) is 0.561. The Hall–Kier alpha value is -1.91. The Kier molecular flexibility index (Phi) is 3.79. The molecule has 0 aromatic heterocycles. The van der Waals surface area contributed by atoms with Gasteiger partial charge < -0.3 is 9.64 Å². The Bertz CT molecular complexity index is 558. The SMILES string of the molecule is CCOC(=O)C1(C)CCN1C(=O)c1ccc(C)c(F)c1.